The summed E-state index contributed by atoms with van der Waals surface area (Å²) in [4.78, 5) is 27.7. The number of ether oxygens (including phenoxy) is 3. The Morgan fingerprint density at radius 1 is 0.771 bits per heavy atom. The molecule has 2 N–H and O–H groups in total. The largest absolute Gasteiger partial charge is 0.497 e. The highest BCUT2D eigenvalue weighted by Crippen LogP contribution is 2.29. The third-order valence-corrected chi connectivity index (χ3v) is 5.20. The van der Waals surface area contributed by atoms with Crippen LogP contribution in [0.2, 0.25) is 0 Å². The molecule has 0 spiro atoms. The van der Waals surface area contributed by atoms with Crippen LogP contribution in [0.25, 0.3) is 0 Å². The van der Waals surface area contributed by atoms with Gasteiger partial charge in [0.05, 0.1) is 26.5 Å². The highest BCUT2D eigenvalue weighted by Gasteiger charge is 2.14. The van der Waals surface area contributed by atoms with Gasteiger partial charge >= 0.3 is 0 Å². The van der Waals surface area contributed by atoms with Crippen LogP contribution in [-0.2, 0) is 0 Å². The summed E-state index contributed by atoms with van der Waals surface area (Å²) in [5.41, 5.74) is 1.94. The Kier molecular flexibility index (Phi) is 9.09. The maximum absolute atomic E-state index is 12.9. The van der Waals surface area contributed by atoms with Crippen molar-refractivity contribution in [3.05, 3.63) is 77.9 Å². The van der Waals surface area contributed by atoms with Crippen molar-refractivity contribution in [2.75, 3.05) is 52.1 Å². The molecule has 184 valence electrons. The highest BCUT2D eigenvalue weighted by atomic mass is 16.5. The lowest BCUT2D eigenvalue weighted by Gasteiger charge is -2.16. The molecule has 2 amide bonds. The molecule has 0 aliphatic rings. The van der Waals surface area contributed by atoms with Gasteiger partial charge in [-0.2, -0.15) is 0 Å². The Bertz CT molecular complexity index is 1130. The van der Waals surface area contributed by atoms with Crippen molar-refractivity contribution in [1.29, 1.82) is 0 Å². The van der Waals surface area contributed by atoms with Gasteiger partial charge in [0.1, 0.15) is 17.2 Å². The molecule has 0 radical (unpaired) electrons. The van der Waals surface area contributed by atoms with Gasteiger partial charge in [-0.1, -0.05) is 0 Å². The van der Waals surface area contributed by atoms with Crippen LogP contribution in [-0.4, -0.2) is 58.2 Å². The van der Waals surface area contributed by atoms with Crippen molar-refractivity contribution in [3.8, 4) is 17.2 Å². The lowest BCUT2D eigenvalue weighted by atomic mass is 10.1. The number of nitrogens with zero attached hydrogens (tertiary/aromatic N) is 1. The summed E-state index contributed by atoms with van der Waals surface area (Å²) >= 11 is 0. The first-order valence-electron chi connectivity index (χ1n) is 11.2. The molecule has 3 rings (SSSR count). The Hall–Kier alpha value is -4.04. The zero-order chi connectivity index (χ0) is 25.2. The molecule has 8 nitrogen and oxygen atoms in total. The molecular formula is C27H31N3O5. The number of nitrogens with one attached hydrogen (secondary N) is 2. The van der Waals surface area contributed by atoms with Gasteiger partial charge in [-0.05, 0) is 87.2 Å². The minimum atomic E-state index is -0.301. The standard InChI is InChI=1S/C27H31N3O5/c1-30(2)16-5-17-35-25-15-10-21(28-26(31)19-6-11-22(33-3)12-7-19)18-24(25)29-27(32)20-8-13-23(34-4)14-9-20/h6-15,18H,5,16-17H2,1-4H3,(H,28,31)(H,29,32). The normalized spacial score (nSPS) is 10.5. The quantitative estimate of drug-likeness (QED) is 0.394. The van der Waals surface area contributed by atoms with Crippen molar-refractivity contribution >= 4 is 23.2 Å². The molecule has 0 bridgehead atoms. The van der Waals surface area contributed by atoms with E-state index in [4.69, 9.17) is 14.2 Å². The van der Waals surface area contributed by atoms with Gasteiger partial charge in [0.2, 0.25) is 0 Å². The van der Waals surface area contributed by atoms with Crippen molar-refractivity contribution < 1.29 is 23.8 Å². The van der Waals surface area contributed by atoms with E-state index in [-0.39, 0.29) is 11.8 Å². The molecule has 0 fully saturated rings. The first-order chi connectivity index (χ1) is 16.9. The van der Waals surface area contributed by atoms with E-state index in [1.165, 1.54) is 0 Å². The smallest absolute Gasteiger partial charge is 0.255 e. The van der Waals surface area contributed by atoms with Crippen molar-refractivity contribution in [2.45, 2.75) is 6.42 Å². The van der Waals surface area contributed by atoms with Crippen LogP contribution in [0, 0.1) is 0 Å². The highest BCUT2D eigenvalue weighted by molar-refractivity contribution is 6.07. The monoisotopic (exact) mass is 477 g/mol. The van der Waals surface area contributed by atoms with Gasteiger partial charge in [0.25, 0.3) is 11.8 Å². The topological polar surface area (TPSA) is 89.1 Å². The van der Waals surface area contributed by atoms with Crippen LogP contribution in [0.15, 0.2) is 66.7 Å². The van der Waals surface area contributed by atoms with E-state index in [0.717, 1.165) is 13.0 Å². The number of carbonyl (C=O) groups excluding carboxylic acids is 2. The average molecular weight is 478 g/mol. The second-order valence-electron chi connectivity index (χ2n) is 8.08. The zero-order valence-corrected chi connectivity index (χ0v) is 20.5. The second kappa shape index (κ2) is 12.4. The van der Waals surface area contributed by atoms with Gasteiger partial charge in [-0.25, -0.2) is 0 Å². The van der Waals surface area contributed by atoms with E-state index in [9.17, 15) is 9.59 Å². The summed E-state index contributed by atoms with van der Waals surface area (Å²) in [6, 6.07) is 18.8. The molecule has 3 aromatic rings. The summed E-state index contributed by atoms with van der Waals surface area (Å²) in [5, 5.41) is 5.76. The molecule has 0 unspecified atom stereocenters. The fourth-order valence-corrected chi connectivity index (χ4v) is 3.28. The molecule has 0 saturated heterocycles. The summed E-state index contributed by atoms with van der Waals surface area (Å²) in [5.74, 6) is 1.27. The Morgan fingerprint density at radius 2 is 1.31 bits per heavy atom. The predicted molar refractivity (Wildman–Crippen MR) is 137 cm³/mol. The molecule has 0 aromatic heterocycles. The van der Waals surface area contributed by atoms with Gasteiger partial charge in [-0.3, -0.25) is 9.59 Å². The van der Waals surface area contributed by atoms with Gasteiger partial charge in [0.15, 0.2) is 0 Å². The fraction of sp³-hybridized carbons (Fsp3) is 0.259. The van der Waals surface area contributed by atoms with E-state index in [1.54, 1.807) is 80.9 Å². The van der Waals surface area contributed by atoms with Crippen molar-refractivity contribution in [1.82, 2.24) is 4.90 Å². The van der Waals surface area contributed by atoms with E-state index in [2.05, 4.69) is 15.5 Å². The summed E-state index contributed by atoms with van der Waals surface area (Å²) in [6.45, 7) is 1.37. The fourth-order valence-electron chi connectivity index (χ4n) is 3.28. The molecular weight excluding hydrogens is 446 g/mol. The molecule has 35 heavy (non-hydrogen) atoms. The van der Waals surface area contributed by atoms with E-state index < -0.39 is 0 Å². The molecule has 0 saturated carbocycles. The van der Waals surface area contributed by atoms with E-state index in [1.807, 2.05) is 14.1 Å². The Balaban J connectivity index is 1.78. The lowest BCUT2D eigenvalue weighted by molar-refractivity contribution is 0.101. The molecule has 3 aromatic carbocycles. The van der Waals surface area contributed by atoms with Gasteiger partial charge in [-0.15, -0.1) is 0 Å². The first-order valence-corrected chi connectivity index (χ1v) is 11.2. The first kappa shape index (κ1) is 25.6. The summed E-state index contributed by atoms with van der Waals surface area (Å²) < 4.78 is 16.2. The molecule has 0 atom stereocenters. The maximum atomic E-state index is 12.9. The van der Waals surface area contributed by atoms with Crippen LogP contribution >= 0.6 is 0 Å². The number of hydrogen-bond acceptors (Lipinski definition) is 6. The lowest BCUT2D eigenvalue weighted by Crippen LogP contribution is -2.17. The second-order valence-corrected chi connectivity index (χ2v) is 8.08. The van der Waals surface area contributed by atoms with Crippen LogP contribution < -0.4 is 24.8 Å². The number of carbonyl (C=O) groups is 2. The van der Waals surface area contributed by atoms with E-state index in [0.29, 0.717) is 46.4 Å². The van der Waals surface area contributed by atoms with Gasteiger partial charge in [0, 0.05) is 23.4 Å². The number of hydrogen-bond donors (Lipinski definition) is 2. The molecule has 8 heteroatoms. The third-order valence-electron chi connectivity index (χ3n) is 5.20. The number of benzene rings is 3. The minimum absolute atomic E-state index is 0.278. The Labute approximate surface area is 205 Å². The number of methoxy groups -OCH3 is 2. The Morgan fingerprint density at radius 3 is 1.83 bits per heavy atom. The third kappa shape index (κ3) is 7.48. The number of amides is 2. The van der Waals surface area contributed by atoms with Crippen LogP contribution in [0.5, 0.6) is 17.2 Å². The van der Waals surface area contributed by atoms with Gasteiger partial charge < -0.3 is 29.7 Å². The molecule has 0 aliphatic carbocycles. The number of anilines is 2. The predicted octanol–water partition coefficient (Wildman–Crippen LogP) is 4.54. The molecule has 0 heterocycles. The SMILES string of the molecule is COc1ccc(C(=O)Nc2ccc(OCCCN(C)C)c(NC(=O)c3ccc(OC)cc3)c2)cc1. The average Bonchev–Trinajstić information content (AvgIpc) is 2.87. The van der Waals surface area contributed by atoms with Crippen LogP contribution in [0.3, 0.4) is 0 Å². The summed E-state index contributed by atoms with van der Waals surface area (Å²) in [6.07, 6.45) is 0.828. The maximum Gasteiger partial charge on any atom is 0.255 e. The van der Waals surface area contributed by atoms with E-state index >= 15 is 0 Å². The zero-order valence-electron chi connectivity index (χ0n) is 20.5. The van der Waals surface area contributed by atoms with Crippen molar-refractivity contribution in [3.63, 3.8) is 0 Å². The van der Waals surface area contributed by atoms with Crippen LogP contribution in [0.1, 0.15) is 27.1 Å². The molecule has 0 aliphatic heterocycles. The summed E-state index contributed by atoms with van der Waals surface area (Å²) in [7, 11) is 7.14. The minimum Gasteiger partial charge on any atom is -0.497 e. The van der Waals surface area contributed by atoms with Crippen LogP contribution in [0.4, 0.5) is 11.4 Å². The number of rotatable bonds is 11. The van der Waals surface area contributed by atoms with Crippen molar-refractivity contribution in [2.24, 2.45) is 0 Å².